The molecule has 0 aromatic heterocycles. The van der Waals surface area contributed by atoms with Gasteiger partial charge in [-0.1, -0.05) is 68.0 Å². The van der Waals surface area contributed by atoms with Gasteiger partial charge in [0.05, 0.1) is 44.2 Å². The molecule has 414 valence electrons. The number of unbranched alkanes of at least 4 members (excludes halogenated alkanes) is 1. The fraction of sp³-hybridized carbons (Fsp3) is 0.417. The largest absolute Gasteiger partial charge is 0.507 e. The van der Waals surface area contributed by atoms with E-state index in [9.17, 15) is 33.9 Å². The number of anilines is 2. The third-order valence-electron chi connectivity index (χ3n) is 14.4. The van der Waals surface area contributed by atoms with E-state index in [0.29, 0.717) is 73.2 Å². The zero-order valence-corrected chi connectivity index (χ0v) is 45.8. The average Bonchev–Trinajstić information content (AvgIpc) is 4.11. The molecule has 6 N–H and O–H groups in total. The number of phenols is 1. The number of carbonyl (C=O) groups excluding carboxylic acids is 6. The van der Waals surface area contributed by atoms with E-state index in [1.807, 2.05) is 85.7 Å². The first-order valence-electron chi connectivity index (χ1n) is 26.8. The Morgan fingerprint density at radius 3 is 2.36 bits per heavy atom. The SMILES string of the molecule is C/C=c1/c(O)cc2c(/c1=C(\C)C(C)C)CCN2C(=O)CCCCOc1cc(N=CC2CC(c3ccc(NC(=O)C(OCNC(=O)CNC(=O)C(Cc4ccccc4)NC(=O)CNC)C4CC4)cc3)=CN2C)c(C=O)cc1OC. The first kappa shape index (κ1) is 57.9. The molecular weight excluding hydrogens is 993 g/mol. The van der Waals surface area contributed by atoms with Crippen molar-refractivity contribution in [3.8, 4) is 17.2 Å². The number of fused-ring (bicyclic) bond motifs is 1. The fourth-order valence-corrected chi connectivity index (χ4v) is 9.70. The Bertz CT molecular complexity index is 3010. The van der Waals surface area contributed by atoms with Crippen LogP contribution in [0, 0.1) is 11.8 Å². The number of aliphatic imine (C=N–C) groups is 1. The van der Waals surface area contributed by atoms with Gasteiger partial charge in [-0.15, -0.1) is 0 Å². The Morgan fingerprint density at radius 1 is 0.923 bits per heavy atom. The van der Waals surface area contributed by atoms with Crippen molar-refractivity contribution < 1.29 is 48.1 Å². The number of methoxy groups -OCH3 is 1. The first-order valence-corrected chi connectivity index (χ1v) is 26.8. The molecule has 2 aliphatic heterocycles. The lowest BCUT2D eigenvalue weighted by Gasteiger charge is -2.19. The quantitative estimate of drug-likeness (QED) is 0.0204. The third-order valence-corrected chi connectivity index (χ3v) is 14.4. The van der Waals surface area contributed by atoms with Crippen LogP contribution < -0.4 is 51.4 Å². The second-order valence-corrected chi connectivity index (χ2v) is 20.3. The lowest BCUT2D eigenvalue weighted by Crippen LogP contribution is -2.51. The van der Waals surface area contributed by atoms with Gasteiger partial charge in [0.25, 0.3) is 5.91 Å². The summed E-state index contributed by atoms with van der Waals surface area (Å²) in [5.41, 5.74) is 7.29. The van der Waals surface area contributed by atoms with Crippen LogP contribution in [0.25, 0.3) is 17.2 Å². The number of amides is 5. The van der Waals surface area contributed by atoms with E-state index in [0.717, 1.165) is 63.9 Å². The molecule has 0 spiro atoms. The van der Waals surface area contributed by atoms with E-state index in [1.54, 1.807) is 36.4 Å². The molecule has 2 heterocycles. The Kier molecular flexibility index (Phi) is 20.4. The van der Waals surface area contributed by atoms with E-state index < -0.39 is 24.0 Å². The van der Waals surface area contributed by atoms with Crippen LogP contribution >= 0.6 is 0 Å². The summed E-state index contributed by atoms with van der Waals surface area (Å²) in [6, 6.07) is 20.8. The normalized spacial score (nSPS) is 16.3. The number of carbonyl (C=O) groups is 6. The molecule has 5 amide bonds. The summed E-state index contributed by atoms with van der Waals surface area (Å²) < 4.78 is 17.6. The highest BCUT2D eigenvalue weighted by atomic mass is 16.5. The van der Waals surface area contributed by atoms with Crippen LogP contribution in [0.1, 0.15) is 93.3 Å². The Balaban J connectivity index is 0.870. The molecule has 0 saturated heterocycles. The van der Waals surface area contributed by atoms with Crippen LogP contribution in [-0.4, -0.2) is 124 Å². The smallest absolute Gasteiger partial charge is 0.253 e. The number of benzene rings is 4. The van der Waals surface area contributed by atoms with Crippen LogP contribution in [0.3, 0.4) is 0 Å². The third kappa shape index (κ3) is 15.0. The number of nitrogens with zero attached hydrogens (tertiary/aromatic N) is 3. The van der Waals surface area contributed by atoms with E-state index >= 15 is 0 Å². The van der Waals surface area contributed by atoms with Crippen LogP contribution in [0.4, 0.5) is 17.1 Å². The van der Waals surface area contributed by atoms with Crippen LogP contribution in [0.15, 0.2) is 84.0 Å². The van der Waals surface area contributed by atoms with E-state index in [4.69, 9.17) is 19.2 Å². The number of aromatic hydroxyl groups is 1. The summed E-state index contributed by atoms with van der Waals surface area (Å²) >= 11 is 0. The average molecular weight is 1070 g/mol. The van der Waals surface area contributed by atoms with E-state index in [-0.39, 0.29) is 61.7 Å². The van der Waals surface area contributed by atoms with Gasteiger partial charge in [0, 0.05) is 67.5 Å². The Hall–Kier alpha value is -7.83. The topological polar surface area (TPSA) is 229 Å². The number of rotatable bonds is 26. The Morgan fingerprint density at radius 2 is 1.68 bits per heavy atom. The van der Waals surface area contributed by atoms with Crippen molar-refractivity contribution >= 4 is 76.3 Å². The second kappa shape index (κ2) is 27.5. The summed E-state index contributed by atoms with van der Waals surface area (Å²) in [5, 5.41) is 26.4. The molecule has 4 aromatic rings. The maximum atomic E-state index is 13.5. The maximum Gasteiger partial charge on any atom is 0.253 e. The number of hydrogen-bond donors (Lipinski definition) is 6. The zero-order valence-electron chi connectivity index (χ0n) is 45.8. The van der Waals surface area contributed by atoms with Crippen LogP contribution in [-0.2, 0) is 41.6 Å². The van der Waals surface area contributed by atoms with E-state index in [1.165, 1.54) is 12.7 Å². The van der Waals surface area contributed by atoms with Gasteiger partial charge in [-0.3, -0.25) is 33.8 Å². The van der Waals surface area contributed by atoms with Gasteiger partial charge in [0.2, 0.25) is 23.6 Å². The molecule has 18 heteroatoms. The molecule has 78 heavy (non-hydrogen) atoms. The molecule has 0 radical (unpaired) electrons. The summed E-state index contributed by atoms with van der Waals surface area (Å²) in [7, 11) is 5.10. The van der Waals surface area contributed by atoms with Gasteiger partial charge in [-0.05, 0) is 117 Å². The molecule has 1 aliphatic carbocycles. The van der Waals surface area contributed by atoms with Crippen molar-refractivity contribution in [3.63, 3.8) is 0 Å². The minimum absolute atomic E-state index is 0.00312. The number of hydrogen-bond acceptors (Lipinski definition) is 13. The zero-order chi connectivity index (χ0) is 55.9. The van der Waals surface area contributed by atoms with Gasteiger partial charge in [-0.25, -0.2) is 0 Å². The summed E-state index contributed by atoms with van der Waals surface area (Å²) in [4.78, 5) is 85.9. The molecule has 3 atom stereocenters. The number of nitrogens with one attached hydrogen (secondary N) is 5. The fourth-order valence-electron chi connectivity index (χ4n) is 9.70. The maximum absolute atomic E-state index is 13.5. The van der Waals surface area contributed by atoms with Crippen molar-refractivity contribution in [3.05, 3.63) is 112 Å². The minimum Gasteiger partial charge on any atom is -0.507 e. The van der Waals surface area contributed by atoms with Gasteiger partial charge in [0.15, 0.2) is 17.8 Å². The van der Waals surface area contributed by atoms with Crippen molar-refractivity contribution in [2.75, 3.05) is 64.4 Å². The predicted molar refractivity (Wildman–Crippen MR) is 302 cm³/mol. The summed E-state index contributed by atoms with van der Waals surface area (Å²) in [6.45, 7) is 8.62. The molecular formula is C60H74N8O10. The molecule has 3 unspecified atom stereocenters. The minimum atomic E-state index is -0.890. The summed E-state index contributed by atoms with van der Waals surface area (Å²) in [5.74, 6) is -0.403. The van der Waals surface area contributed by atoms with Crippen molar-refractivity contribution in [2.24, 2.45) is 16.8 Å². The van der Waals surface area contributed by atoms with Gasteiger partial charge in [0.1, 0.15) is 24.6 Å². The van der Waals surface area contributed by atoms with Gasteiger partial charge in [-0.2, -0.15) is 0 Å². The number of ether oxygens (including phenoxy) is 3. The van der Waals surface area contributed by atoms with Gasteiger partial charge < -0.3 is 55.7 Å². The molecule has 0 bridgehead atoms. The van der Waals surface area contributed by atoms with Gasteiger partial charge >= 0.3 is 0 Å². The van der Waals surface area contributed by atoms with Crippen LogP contribution in [0.5, 0.6) is 17.2 Å². The lowest BCUT2D eigenvalue weighted by atomic mass is 9.96. The molecule has 1 fully saturated rings. The summed E-state index contributed by atoms with van der Waals surface area (Å²) in [6.07, 6.45) is 10.5. The standard InChI is InChI=1S/C60H74N8O10/c1-8-46-51(70)30-50-47(57(46)38(4)37(2)3)23-24-68(50)56(73)16-12-13-25-77-53-29-48(43(35-69)28-52(53)76-7)62-31-45-27-42(34-67(45)6)40-19-21-44(22-20-40)65-60(75)58(41-17-18-41)78-36-64-54(71)33-63-59(74)49(66-55(72)32-61-5)26-39-14-10-9-11-15-39/h8-11,14-15,19-22,28-31,34-35,37,41,45,49,58,61,70H,12-13,16-18,23-27,32-33,36H2,1-7H3,(H,63,74)(H,64,71)(H,65,75)(H,66,72)/b46-8-,57-38+,62-31?. The monoisotopic (exact) mass is 1070 g/mol. The Labute approximate surface area is 456 Å². The highest BCUT2D eigenvalue weighted by molar-refractivity contribution is 5.97. The molecule has 7 rings (SSSR count). The molecule has 4 aromatic carbocycles. The second-order valence-electron chi connectivity index (χ2n) is 20.3. The van der Waals surface area contributed by atoms with Crippen molar-refractivity contribution in [1.29, 1.82) is 0 Å². The number of aldehydes is 1. The first-order chi connectivity index (χ1) is 37.6. The van der Waals surface area contributed by atoms with E-state index in [2.05, 4.69) is 47.4 Å². The van der Waals surface area contributed by atoms with Crippen molar-refractivity contribution in [2.45, 2.75) is 97.2 Å². The molecule has 1 saturated carbocycles. The highest BCUT2D eigenvalue weighted by Crippen LogP contribution is 2.37. The van der Waals surface area contributed by atoms with Crippen LogP contribution in [0.2, 0.25) is 0 Å². The lowest BCUT2D eigenvalue weighted by molar-refractivity contribution is -0.133. The molecule has 18 nitrogen and oxygen atoms in total. The molecule has 3 aliphatic rings. The number of phenolic OH excluding ortho intramolecular Hbond substituents is 1. The predicted octanol–water partition coefficient (Wildman–Crippen LogP) is 5.30. The van der Waals surface area contributed by atoms with Crippen molar-refractivity contribution in [1.82, 2.24) is 26.2 Å². The number of likely N-dealkylation sites (N-methyl/N-ethyl adjacent to an activating group) is 1. The highest BCUT2D eigenvalue weighted by Gasteiger charge is 2.37.